The van der Waals surface area contributed by atoms with Gasteiger partial charge < -0.3 is 4.74 Å². The van der Waals surface area contributed by atoms with Crippen LogP contribution in [0.3, 0.4) is 0 Å². The van der Waals surface area contributed by atoms with E-state index in [1.807, 2.05) is 16.8 Å². The molecule has 0 fully saturated rings. The summed E-state index contributed by atoms with van der Waals surface area (Å²) in [6.45, 7) is 2.88. The summed E-state index contributed by atoms with van der Waals surface area (Å²) in [4.78, 5) is 16.1. The van der Waals surface area contributed by atoms with Crippen molar-refractivity contribution in [3.63, 3.8) is 0 Å². The molecule has 0 bridgehead atoms. The normalized spacial score (nSPS) is 10.6. The zero-order valence-corrected chi connectivity index (χ0v) is 14.2. The third-order valence-electron chi connectivity index (χ3n) is 4.06. The lowest BCUT2D eigenvalue weighted by Gasteiger charge is -2.06. The van der Waals surface area contributed by atoms with Crippen molar-refractivity contribution in [2.45, 2.75) is 26.3 Å². The number of esters is 1. The van der Waals surface area contributed by atoms with Crippen LogP contribution in [0.25, 0.3) is 10.9 Å². The van der Waals surface area contributed by atoms with Gasteiger partial charge in [0.1, 0.15) is 0 Å². The molecule has 0 amide bonds. The van der Waals surface area contributed by atoms with Crippen molar-refractivity contribution in [2.24, 2.45) is 0 Å². The molecule has 0 unspecified atom stereocenters. The molecular weight excluding hydrogens is 316 g/mol. The van der Waals surface area contributed by atoms with Crippen molar-refractivity contribution in [1.29, 1.82) is 5.26 Å². The van der Waals surface area contributed by atoms with Gasteiger partial charge in [0.25, 0.3) is 0 Å². The summed E-state index contributed by atoms with van der Waals surface area (Å²) in [5, 5.41) is 14.8. The first-order chi connectivity index (χ1) is 12.2. The van der Waals surface area contributed by atoms with Crippen molar-refractivity contribution < 1.29 is 9.53 Å². The number of ether oxygens (including phenoxy) is 1. The number of hydrogen-bond donors (Lipinski definition) is 0. The van der Waals surface area contributed by atoms with E-state index in [0.29, 0.717) is 17.5 Å². The molecule has 0 atom stereocenters. The Hall–Kier alpha value is -3.20. The predicted octanol–water partition coefficient (Wildman–Crippen LogP) is 3.09. The van der Waals surface area contributed by atoms with E-state index in [-0.39, 0.29) is 0 Å². The highest BCUT2D eigenvalue weighted by molar-refractivity contribution is 5.91. The fourth-order valence-electron chi connectivity index (χ4n) is 2.89. The molecule has 2 heterocycles. The lowest BCUT2D eigenvalue weighted by Crippen LogP contribution is -2.07. The number of fused-ring (bicyclic) bond motifs is 1. The van der Waals surface area contributed by atoms with Crippen LogP contribution in [0.15, 0.2) is 36.7 Å². The van der Waals surface area contributed by atoms with E-state index in [4.69, 9.17) is 9.84 Å². The molecule has 6 heteroatoms. The van der Waals surface area contributed by atoms with Gasteiger partial charge in [-0.25, -0.2) is 4.79 Å². The fraction of sp³-hybridized carbons (Fsp3) is 0.263. The van der Waals surface area contributed by atoms with Crippen LogP contribution in [0.4, 0.5) is 0 Å². The molecule has 25 heavy (non-hydrogen) atoms. The molecule has 0 aliphatic heterocycles. The van der Waals surface area contributed by atoms with Crippen LogP contribution in [-0.4, -0.2) is 27.8 Å². The molecule has 3 aromatic rings. The first-order valence-electron chi connectivity index (χ1n) is 8.08. The molecule has 0 saturated carbocycles. The average Bonchev–Trinajstić information content (AvgIpc) is 2.98. The van der Waals surface area contributed by atoms with E-state index in [2.05, 4.69) is 18.0 Å². The van der Waals surface area contributed by atoms with Crippen LogP contribution < -0.4 is 0 Å². The number of nitriles is 1. The van der Waals surface area contributed by atoms with Gasteiger partial charge in [-0.2, -0.15) is 10.4 Å². The molecule has 0 N–H and O–H groups in total. The Balaban J connectivity index is 2.10. The molecule has 126 valence electrons. The summed E-state index contributed by atoms with van der Waals surface area (Å²) in [5.41, 5.74) is 3.62. The second-order valence-corrected chi connectivity index (χ2v) is 5.71. The summed E-state index contributed by atoms with van der Waals surface area (Å²) in [5.74, 6) is -0.396. The Morgan fingerprint density at radius 1 is 1.36 bits per heavy atom. The van der Waals surface area contributed by atoms with Crippen molar-refractivity contribution in [1.82, 2.24) is 14.8 Å². The van der Waals surface area contributed by atoms with E-state index in [1.165, 1.54) is 7.11 Å². The van der Waals surface area contributed by atoms with Crippen LogP contribution in [0.5, 0.6) is 0 Å². The number of pyridine rings is 1. The highest BCUT2D eigenvalue weighted by Gasteiger charge is 2.16. The molecule has 0 spiro atoms. The molecule has 0 saturated heterocycles. The van der Waals surface area contributed by atoms with Gasteiger partial charge >= 0.3 is 5.97 Å². The molecule has 0 aliphatic rings. The first kappa shape index (κ1) is 16.7. The lowest BCUT2D eigenvalue weighted by atomic mass is 10.0. The maximum atomic E-state index is 12.0. The van der Waals surface area contributed by atoms with E-state index >= 15 is 0 Å². The second-order valence-electron chi connectivity index (χ2n) is 5.71. The van der Waals surface area contributed by atoms with Crippen molar-refractivity contribution >= 4 is 16.9 Å². The third kappa shape index (κ3) is 3.22. The number of nitrogens with zero attached hydrogens (tertiary/aromatic N) is 4. The van der Waals surface area contributed by atoms with Crippen molar-refractivity contribution in [2.75, 3.05) is 7.11 Å². The van der Waals surface area contributed by atoms with Gasteiger partial charge in [-0.1, -0.05) is 6.92 Å². The molecule has 0 radical (unpaired) electrons. The Morgan fingerprint density at radius 2 is 2.20 bits per heavy atom. The number of hydrogen-bond acceptors (Lipinski definition) is 5. The summed E-state index contributed by atoms with van der Waals surface area (Å²) in [6.07, 6.45) is 4.62. The van der Waals surface area contributed by atoms with Crippen molar-refractivity contribution in [3.8, 4) is 6.07 Å². The molecular formula is C19H18N4O2. The Labute approximate surface area is 145 Å². The molecule has 2 aromatic heterocycles. The van der Waals surface area contributed by atoms with Gasteiger partial charge in [-0.15, -0.1) is 0 Å². The molecule has 1 aromatic carbocycles. The zero-order chi connectivity index (χ0) is 17.8. The SMILES string of the molecule is CCCn1nc(Cc2cnccc2C(=O)OC)c2cc(C#N)ccc21. The summed E-state index contributed by atoms with van der Waals surface area (Å²) in [6, 6.07) is 9.37. The van der Waals surface area contributed by atoms with Crippen LogP contribution >= 0.6 is 0 Å². The summed E-state index contributed by atoms with van der Waals surface area (Å²) < 4.78 is 6.79. The molecule has 3 rings (SSSR count). The first-order valence-corrected chi connectivity index (χ1v) is 8.08. The maximum Gasteiger partial charge on any atom is 0.338 e. The van der Waals surface area contributed by atoms with Crippen LogP contribution in [-0.2, 0) is 17.7 Å². The van der Waals surface area contributed by atoms with Gasteiger partial charge in [-0.05, 0) is 36.2 Å². The van der Waals surface area contributed by atoms with Gasteiger partial charge in [0.15, 0.2) is 0 Å². The minimum absolute atomic E-state index is 0.396. The molecule has 6 nitrogen and oxygen atoms in total. The number of benzene rings is 1. The Morgan fingerprint density at radius 3 is 2.92 bits per heavy atom. The van der Waals surface area contributed by atoms with Gasteiger partial charge in [0.2, 0.25) is 0 Å². The van der Waals surface area contributed by atoms with Crippen LogP contribution in [0.2, 0.25) is 0 Å². The third-order valence-corrected chi connectivity index (χ3v) is 4.06. The molecule has 0 aliphatic carbocycles. The quantitative estimate of drug-likeness (QED) is 0.670. The maximum absolute atomic E-state index is 12.0. The smallest absolute Gasteiger partial charge is 0.338 e. The minimum Gasteiger partial charge on any atom is -0.465 e. The van der Waals surface area contributed by atoms with Crippen LogP contribution in [0.1, 0.15) is 40.5 Å². The van der Waals surface area contributed by atoms with E-state index in [0.717, 1.165) is 35.1 Å². The van der Waals surface area contributed by atoms with E-state index in [1.54, 1.807) is 24.5 Å². The van der Waals surface area contributed by atoms with E-state index < -0.39 is 5.97 Å². The number of methoxy groups -OCH3 is 1. The number of rotatable bonds is 5. The Kier molecular flexibility index (Phi) is 4.75. The van der Waals surface area contributed by atoms with E-state index in [9.17, 15) is 10.1 Å². The standard InChI is InChI=1S/C19H18N4O2/c1-3-8-23-18-5-4-13(11-20)9-16(18)17(22-23)10-14-12-21-7-6-15(14)19(24)25-2/h4-7,9,12H,3,8,10H2,1-2H3. The zero-order valence-electron chi connectivity index (χ0n) is 14.2. The Bertz CT molecular complexity index is 969. The van der Waals surface area contributed by atoms with Gasteiger partial charge in [0, 0.05) is 30.7 Å². The monoisotopic (exact) mass is 334 g/mol. The van der Waals surface area contributed by atoms with Crippen molar-refractivity contribution in [3.05, 3.63) is 59.0 Å². The topological polar surface area (TPSA) is 80.8 Å². The van der Waals surface area contributed by atoms with Gasteiger partial charge in [0.05, 0.1) is 35.5 Å². The second kappa shape index (κ2) is 7.14. The predicted molar refractivity (Wildman–Crippen MR) is 93.1 cm³/mol. The largest absolute Gasteiger partial charge is 0.465 e. The number of aromatic nitrogens is 3. The minimum atomic E-state index is -0.396. The lowest BCUT2D eigenvalue weighted by molar-refractivity contribution is 0.0599. The number of carbonyl (C=O) groups excluding carboxylic acids is 1. The summed E-state index contributed by atoms with van der Waals surface area (Å²) >= 11 is 0. The number of carbonyl (C=O) groups is 1. The summed E-state index contributed by atoms with van der Waals surface area (Å²) in [7, 11) is 1.36. The van der Waals surface area contributed by atoms with Crippen LogP contribution in [0, 0.1) is 11.3 Å². The number of aryl methyl sites for hydroxylation is 1. The highest BCUT2D eigenvalue weighted by atomic mass is 16.5. The highest BCUT2D eigenvalue weighted by Crippen LogP contribution is 2.24. The average molecular weight is 334 g/mol. The fourth-order valence-corrected chi connectivity index (χ4v) is 2.89. The van der Waals surface area contributed by atoms with Gasteiger partial charge in [-0.3, -0.25) is 9.67 Å².